The number of benzene rings is 2. The third-order valence-electron chi connectivity index (χ3n) is 5.21. The highest BCUT2D eigenvalue weighted by atomic mass is 35.5. The predicted octanol–water partition coefficient (Wildman–Crippen LogP) is 3.45. The lowest BCUT2D eigenvalue weighted by molar-refractivity contribution is 0.0793. The molecule has 0 atom stereocenters. The summed E-state index contributed by atoms with van der Waals surface area (Å²) in [7, 11) is 0. The lowest BCUT2D eigenvalue weighted by Gasteiger charge is -2.15. The number of urea groups is 1. The summed E-state index contributed by atoms with van der Waals surface area (Å²) < 4.78 is 1.71. The molecule has 2 aromatic carbocycles. The van der Waals surface area contributed by atoms with Crippen LogP contribution in [0.3, 0.4) is 0 Å². The van der Waals surface area contributed by atoms with E-state index < -0.39 is 0 Å². The minimum atomic E-state index is -0.316. The predicted molar refractivity (Wildman–Crippen MR) is 116 cm³/mol. The van der Waals surface area contributed by atoms with Gasteiger partial charge in [-0.15, -0.1) is 5.10 Å². The number of halogens is 1. The van der Waals surface area contributed by atoms with Crippen molar-refractivity contribution in [2.75, 3.05) is 25.0 Å². The van der Waals surface area contributed by atoms with Crippen LogP contribution in [0.15, 0.2) is 36.4 Å². The summed E-state index contributed by atoms with van der Waals surface area (Å²) in [6.07, 6.45) is 2.11. The normalized spacial score (nSPS) is 13.6. The Balaban J connectivity index is 1.35. The van der Waals surface area contributed by atoms with Gasteiger partial charge in [-0.25, -0.2) is 9.48 Å². The van der Waals surface area contributed by atoms with E-state index in [1.165, 1.54) is 0 Å². The maximum absolute atomic E-state index is 12.5. The molecule has 2 heterocycles. The second kappa shape index (κ2) is 8.71. The summed E-state index contributed by atoms with van der Waals surface area (Å²) in [6, 6.07) is 10.5. The van der Waals surface area contributed by atoms with Crippen molar-refractivity contribution in [1.82, 2.24) is 25.2 Å². The number of aromatic nitrogens is 3. The minimum Gasteiger partial charge on any atom is -0.339 e. The Hall–Kier alpha value is -3.13. The minimum absolute atomic E-state index is 0.0404. The van der Waals surface area contributed by atoms with E-state index in [2.05, 4.69) is 20.9 Å². The molecule has 1 saturated heterocycles. The van der Waals surface area contributed by atoms with Gasteiger partial charge in [-0.05, 0) is 55.7 Å². The van der Waals surface area contributed by atoms with Crippen LogP contribution in [-0.2, 0) is 6.54 Å². The molecule has 0 saturated carbocycles. The first-order valence-electron chi connectivity index (χ1n) is 9.95. The zero-order valence-corrected chi connectivity index (χ0v) is 17.4. The smallest absolute Gasteiger partial charge is 0.319 e. The summed E-state index contributed by atoms with van der Waals surface area (Å²) >= 11 is 5.98. The van der Waals surface area contributed by atoms with E-state index >= 15 is 0 Å². The number of hydrogen-bond donors (Lipinski definition) is 2. The topological polar surface area (TPSA) is 92.1 Å². The summed E-state index contributed by atoms with van der Waals surface area (Å²) in [5, 5.41) is 14.5. The first-order chi connectivity index (χ1) is 14.5. The van der Waals surface area contributed by atoms with Crippen LogP contribution >= 0.6 is 11.6 Å². The Labute approximate surface area is 179 Å². The molecule has 3 amide bonds. The van der Waals surface area contributed by atoms with E-state index in [4.69, 9.17) is 11.6 Å². The fraction of sp³-hybridized carbons (Fsp3) is 0.333. The monoisotopic (exact) mass is 426 g/mol. The van der Waals surface area contributed by atoms with E-state index in [0.29, 0.717) is 34.9 Å². The molecule has 1 aliphatic heterocycles. The van der Waals surface area contributed by atoms with E-state index in [0.717, 1.165) is 37.0 Å². The highest BCUT2D eigenvalue weighted by Gasteiger charge is 2.20. The van der Waals surface area contributed by atoms with Crippen LogP contribution in [-0.4, -0.2) is 51.5 Å². The van der Waals surface area contributed by atoms with E-state index in [-0.39, 0.29) is 11.9 Å². The molecule has 1 aromatic heterocycles. The van der Waals surface area contributed by atoms with Crippen molar-refractivity contribution >= 4 is 40.3 Å². The highest BCUT2D eigenvalue weighted by molar-refractivity contribution is 6.31. The second-order valence-corrected chi connectivity index (χ2v) is 7.79. The Bertz CT molecular complexity index is 1090. The third-order valence-corrected chi connectivity index (χ3v) is 5.45. The van der Waals surface area contributed by atoms with Gasteiger partial charge in [0.25, 0.3) is 5.91 Å². The average Bonchev–Trinajstić information content (AvgIpc) is 3.40. The quantitative estimate of drug-likeness (QED) is 0.653. The van der Waals surface area contributed by atoms with Crippen LogP contribution < -0.4 is 10.6 Å². The van der Waals surface area contributed by atoms with Crippen LogP contribution in [0.25, 0.3) is 11.0 Å². The van der Waals surface area contributed by atoms with E-state index in [1.807, 2.05) is 30.0 Å². The van der Waals surface area contributed by atoms with Crippen molar-refractivity contribution in [2.24, 2.45) is 0 Å². The molecule has 156 valence electrons. The largest absolute Gasteiger partial charge is 0.339 e. The van der Waals surface area contributed by atoms with E-state index in [1.54, 1.807) is 22.9 Å². The first-order valence-corrected chi connectivity index (χ1v) is 10.3. The Kier molecular flexibility index (Phi) is 5.85. The molecule has 0 aliphatic carbocycles. The molecule has 8 nitrogen and oxygen atoms in total. The number of carbonyl (C=O) groups is 2. The number of fused-ring (bicyclic) bond motifs is 1. The molecule has 1 fully saturated rings. The number of aryl methyl sites for hydroxylation is 1. The maximum atomic E-state index is 12.5. The van der Waals surface area contributed by atoms with Crippen LogP contribution in [0.1, 0.15) is 28.8 Å². The molecule has 4 rings (SSSR count). The zero-order valence-electron chi connectivity index (χ0n) is 16.7. The molecule has 0 spiro atoms. The second-order valence-electron chi connectivity index (χ2n) is 7.36. The maximum Gasteiger partial charge on any atom is 0.319 e. The molecular formula is C21H23ClN6O2. The zero-order chi connectivity index (χ0) is 21.1. The lowest BCUT2D eigenvalue weighted by atomic mass is 10.1. The molecule has 3 aromatic rings. The summed E-state index contributed by atoms with van der Waals surface area (Å²) in [4.78, 5) is 26.6. The van der Waals surface area contributed by atoms with Gasteiger partial charge >= 0.3 is 6.03 Å². The van der Waals surface area contributed by atoms with Crippen LogP contribution in [0.2, 0.25) is 5.02 Å². The van der Waals surface area contributed by atoms with Crippen molar-refractivity contribution < 1.29 is 9.59 Å². The number of anilines is 1. The fourth-order valence-corrected chi connectivity index (χ4v) is 3.72. The number of amides is 3. The highest BCUT2D eigenvalue weighted by Crippen LogP contribution is 2.20. The lowest BCUT2D eigenvalue weighted by Crippen LogP contribution is -2.31. The average molecular weight is 427 g/mol. The number of nitrogens with one attached hydrogen (secondary N) is 2. The SMILES string of the molecule is Cc1ccc(Cl)cc1NC(=O)NCCn1nnc2cc(C(=O)N3CCCC3)ccc21. The van der Waals surface area contributed by atoms with Gasteiger partial charge in [0.05, 0.1) is 12.1 Å². The van der Waals surface area contributed by atoms with Gasteiger partial charge < -0.3 is 15.5 Å². The van der Waals surface area contributed by atoms with Gasteiger partial charge in [-0.2, -0.15) is 0 Å². The Morgan fingerprint density at radius 2 is 1.93 bits per heavy atom. The Morgan fingerprint density at radius 3 is 2.73 bits per heavy atom. The molecule has 30 heavy (non-hydrogen) atoms. The molecule has 0 radical (unpaired) electrons. The van der Waals surface area contributed by atoms with Crippen molar-refractivity contribution in [3.05, 3.63) is 52.5 Å². The number of rotatable bonds is 5. The van der Waals surface area contributed by atoms with Crippen LogP contribution in [0, 0.1) is 6.92 Å². The Morgan fingerprint density at radius 1 is 1.13 bits per heavy atom. The number of carbonyl (C=O) groups excluding carboxylic acids is 2. The summed E-state index contributed by atoms with van der Waals surface area (Å²) in [6.45, 7) is 4.35. The van der Waals surface area contributed by atoms with Gasteiger partial charge in [-0.1, -0.05) is 22.9 Å². The van der Waals surface area contributed by atoms with Crippen molar-refractivity contribution in [1.29, 1.82) is 0 Å². The van der Waals surface area contributed by atoms with Gasteiger partial charge in [0.2, 0.25) is 0 Å². The third kappa shape index (κ3) is 4.38. The van der Waals surface area contributed by atoms with Crippen molar-refractivity contribution in [3.8, 4) is 0 Å². The van der Waals surface area contributed by atoms with Gasteiger partial charge in [0.1, 0.15) is 5.52 Å². The number of nitrogens with zero attached hydrogens (tertiary/aromatic N) is 4. The standard InChI is InChI=1S/C21H23ClN6O2/c1-14-4-6-16(22)13-17(14)24-21(30)23-8-11-28-19-7-5-15(12-18(19)25-26-28)20(29)27-9-2-3-10-27/h4-7,12-13H,2-3,8-11H2,1H3,(H2,23,24,30). The van der Waals surface area contributed by atoms with Gasteiger partial charge in [0.15, 0.2) is 0 Å². The fourth-order valence-electron chi connectivity index (χ4n) is 3.54. The summed E-state index contributed by atoms with van der Waals surface area (Å²) in [5.41, 5.74) is 3.71. The van der Waals surface area contributed by atoms with Crippen LogP contribution in [0.5, 0.6) is 0 Å². The molecule has 2 N–H and O–H groups in total. The number of likely N-dealkylation sites (tertiary alicyclic amines) is 1. The van der Waals surface area contributed by atoms with Crippen molar-refractivity contribution in [3.63, 3.8) is 0 Å². The first kappa shape index (κ1) is 20.2. The molecule has 0 bridgehead atoms. The number of hydrogen-bond acceptors (Lipinski definition) is 4. The summed E-state index contributed by atoms with van der Waals surface area (Å²) in [5.74, 6) is 0.0404. The molecule has 9 heteroatoms. The van der Waals surface area contributed by atoms with Gasteiger partial charge in [0, 0.05) is 35.9 Å². The van der Waals surface area contributed by atoms with Crippen LogP contribution in [0.4, 0.5) is 10.5 Å². The molecule has 1 aliphatic rings. The van der Waals surface area contributed by atoms with Gasteiger partial charge in [-0.3, -0.25) is 4.79 Å². The molecular weight excluding hydrogens is 404 g/mol. The molecule has 0 unspecified atom stereocenters. The van der Waals surface area contributed by atoms with Crippen molar-refractivity contribution in [2.45, 2.75) is 26.3 Å². The van der Waals surface area contributed by atoms with E-state index in [9.17, 15) is 9.59 Å².